The zero-order chi connectivity index (χ0) is 12.0. The van der Waals surface area contributed by atoms with Crippen LogP contribution >= 0.6 is 0 Å². The van der Waals surface area contributed by atoms with Crippen molar-refractivity contribution in [3.8, 4) is 0 Å². The van der Waals surface area contributed by atoms with Crippen molar-refractivity contribution in [1.29, 1.82) is 0 Å². The molecule has 0 atom stereocenters. The van der Waals surface area contributed by atoms with Crippen molar-refractivity contribution in [2.45, 2.75) is 26.7 Å². The Morgan fingerprint density at radius 2 is 1.75 bits per heavy atom. The molecule has 1 aromatic carbocycles. The number of hydrogen-bond donors (Lipinski definition) is 0. The molecule has 2 amide bonds. The second kappa shape index (κ2) is 6.05. The highest BCUT2D eigenvalue weighted by molar-refractivity contribution is 6.04. The molecule has 0 N–H and O–H groups in total. The van der Waals surface area contributed by atoms with Crippen LogP contribution in [0.3, 0.4) is 0 Å². The molecule has 0 aliphatic rings. The summed E-state index contributed by atoms with van der Waals surface area (Å²) in [6.07, 6.45) is 1.18. The molecule has 16 heavy (non-hydrogen) atoms. The van der Waals surface area contributed by atoms with Gasteiger partial charge in [-0.15, -0.1) is 0 Å². The predicted octanol–water partition coefficient (Wildman–Crippen LogP) is 2.48. The first-order chi connectivity index (χ1) is 7.70. The van der Waals surface area contributed by atoms with E-state index in [-0.39, 0.29) is 11.8 Å². The van der Waals surface area contributed by atoms with E-state index in [1.54, 1.807) is 24.3 Å². The topological polar surface area (TPSA) is 37.4 Å². The maximum absolute atomic E-state index is 12.0. The number of amides is 2. The monoisotopic (exact) mass is 219 g/mol. The van der Waals surface area contributed by atoms with Crippen LogP contribution in [0.5, 0.6) is 0 Å². The zero-order valence-electron chi connectivity index (χ0n) is 9.77. The number of benzene rings is 1. The number of rotatable bonds is 4. The fraction of sp³-hybridized carbons (Fsp3) is 0.385. The molecule has 0 saturated carbocycles. The Balaban J connectivity index is 2.82. The molecule has 0 saturated heterocycles. The molecule has 0 spiro atoms. The van der Waals surface area contributed by atoms with E-state index in [1.165, 1.54) is 4.90 Å². The Hall–Kier alpha value is -1.64. The summed E-state index contributed by atoms with van der Waals surface area (Å²) in [7, 11) is 0. The lowest BCUT2D eigenvalue weighted by Crippen LogP contribution is -2.36. The molecule has 0 radical (unpaired) electrons. The summed E-state index contributed by atoms with van der Waals surface area (Å²) in [5, 5.41) is 0. The summed E-state index contributed by atoms with van der Waals surface area (Å²) >= 11 is 0. The van der Waals surface area contributed by atoms with Gasteiger partial charge in [-0.3, -0.25) is 14.5 Å². The standard InChI is InChI=1S/C13H17NO2/c1-3-8-12(15)14(4-2)13(16)11-9-6-5-7-10-11/h5-7,9-10H,3-4,8H2,1-2H3. The van der Waals surface area contributed by atoms with Crippen molar-refractivity contribution in [2.75, 3.05) is 6.54 Å². The van der Waals surface area contributed by atoms with Crippen LogP contribution in [0.4, 0.5) is 0 Å². The van der Waals surface area contributed by atoms with Crippen molar-refractivity contribution in [2.24, 2.45) is 0 Å². The summed E-state index contributed by atoms with van der Waals surface area (Å²) in [4.78, 5) is 25.0. The average Bonchev–Trinajstić information content (AvgIpc) is 2.31. The first-order valence-electron chi connectivity index (χ1n) is 5.60. The van der Waals surface area contributed by atoms with Gasteiger partial charge in [-0.25, -0.2) is 0 Å². The molecule has 3 heteroatoms. The maximum Gasteiger partial charge on any atom is 0.260 e. The van der Waals surface area contributed by atoms with Gasteiger partial charge in [0.1, 0.15) is 0 Å². The van der Waals surface area contributed by atoms with Crippen LogP contribution in [-0.4, -0.2) is 23.3 Å². The highest BCUT2D eigenvalue weighted by atomic mass is 16.2. The Morgan fingerprint density at radius 1 is 1.12 bits per heavy atom. The summed E-state index contributed by atoms with van der Waals surface area (Å²) < 4.78 is 0. The third-order valence-electron chi connectivity index (χ3n) is 2.35. The van der Waals surface area contributed by atoms with Crippen LogP contribution < -0.4 is 0 Å². The van der Waals surface area contributed by atoms with Crippen LogP contribution in [-0.2, 0) is 4.79 Å². The third kappa shape index (κ3) is 2.92. The fourth-order valence-electron chi connectivity index (χ4n) is 1.52. The molecule has 0 heterocycles. The van der Waals surface area contributed by atoms with Gasteiger partial charge in [0.05, 0.1) is 0 Å². The molecule has 1 rings (SSSR count). The largest absolute Gasteiger partial charge is 0.279 e. The summed E-state index contributed by atoms with van der Waals surface area (Å²) in [5.74, 6) is -0.305. The molecule has 3 nitrogen and oxygen atoms in total. The first-order valence-corrected chi connectivity index (χ1v) is 5.60. The van der Waals surface area contributed by atoms with Crippen molar-refractivity contribution in [3.63, 3.8) is 0 Å². The molecule has 0 aromatic heterocycles. The zero-order valence-corrected chi connectivity index (χ0v) is 9.77. The second-order valence-corrected chi connectivity index (χ2v) is 3.56. The van der Waals surface area contributed by atoms with Gasteiger partial charge in [-0.1, -0.05) is 25.1 Å². The van der Waals surface area contributed by atoms with Crippen LogP contribution in [0.15, 0.2) is 30.3 Å². The maximum atomic E-state index is 12.0. The van der Waals surface area contributed by atoms with E-state index in [9.17, 15) is 9.59 Å². The van der Waals surface area contributed by atoms with Gasteiger partial charge in [0, 0.05) is 18.5 Å². The minimum Gasteiger partial charge on any atom is -0.279 e. The molecular weight excluding hydrogens is 202 g/mol. The molecule has 1 aromatic rings. The number of carbonyl (C=O) groups is 2. The van der Waals surface area contributed by atoms with Gasteiger partial charge in [-0.05, 0) is 25.5 Å². The summed E-state index contributed by atoms with van der Waals surface area (Å²) in [6.45, 7) is 4.17. The first kappa shape index (κ1) is 12.4. The van der Waals surface area contributed by atoms with Gasteiger partial charge in [-0.2, -0.15) is 0 Å². The molecule has 0 bridgehead atoms. The van der Waals surface area contributed by atoms with Crippen LogP contribution in [0.1, 0.15) is 37.0 Å². The molecular formula is C13H17NO2. The quantitative estimate of drug-likeness (QED) is 0.780. The Morgan fingerprint density at radius 3 is 2.25 bits per heavy atom. The molecule has 0 unspecified atom stereocenters. The van der Waals surface area contributed by atoms with Crippen LogP contribution in [0, 0.1) is 0 Å². The van der Waals surface area contributed by atoms with E-state index in [0.717, 1.165) is 6.42 Å². The van der Waals surface area contributed by atoms with E-state index >= 15 is 0 Å². The van der Waals surface area contributed by atoms with E-state index < -0.39 is 0 Å². The minimum atomic E-state index is -0.207. The molecule has 0 aliphatic carbocycles. The lowest BCUT2D eigenvalue weighted by Gasteiger charge is -2.18. The van der Waals surface area contributed by atoms with E-state index in [4.69, 9.17) is 0 Å². The third-order valence-corrected chi connectivity index (χ3v) is 2.35. The Kier molecular flexibility index (Phi) is 4.70. The normalized spacial score (nSPS) is 9.88. The smallest absolute Gasteiger partial charge is 0.260 e. The van der Waals surface area contributed by atoms with Crippen molar-refractivity contribution in [3.05, 3.63) is 35.9 Å². The van der Waals surface area contributed by atoms with Gasteiger partial charge < -0.3 is 0 Å². The lowest BCUT2D eigenvalue weighted by molar-refractivity contribution is -0.128. The van der Waals surface area contributed by atoms with Crippen LogP contribution in [0.2, 0.25) is 0 Å². The molecule has 86 valence electrons. The second-order valence-electron chi connectivity index (χ2n) is 3.56. The summed E-state index contributed by atoms with van der Waals surface area (Å²) in [5.41, 5.74) is 0.564. The highest BCUT2D eigenvalue weighted by Gasteiger charge is 2.19. The molecule has 0 aliphatic heterocycles. The van der Waals surface area contributed by atoms with Gasteiger partial charge in [0.25, 0.3) is 5.91 Å². The number of nitrogens with zero attached hydrogens (tertiary/aromatic N) is 1. The SMILES string of the molecule is CCCC(=O)N(CC)C(=O)c1ccccc1. The average molecular weight is 219 g/mol. The summed E-state index contributed by atoms with van der Waals surface area (Å²) in [6, 6.07) is 8.89. The highest BCUT2D eigenvalue weighted by Crippen LogP contribution is 2.07. The Bertz CT molecular complexity index is 359. The van der Waals surface area contributed by atoms with Gasteiger partial charge in [0.15, 0.2) is 0 Å². The van der Waals surface area contributed by atoms with Gasteiger partial charge in [0.2, 0.25) is 5.91 Å². The van der Waals surface area contributed by atoms with Crippen molar-refractivity contribution in [1.82, 2.24) is 4.90 Å². The minimum absolute atomic E-state index is 0.0983. The number of carbonyl (C=O) groups excluding carboxylic acids is 2. The van der Waals surface area contributed by atoms with Crippen LogP contribution in [0.25, 0.3) is 0 Å². The predicted molar refractivity (Wildman–Crippen MR) is 63.1 cm³/mol. The number of hydrogen-bond acceptors (Lipinski definition) is 2. The fourth-order valence-corrected chi connectivity index (χ4v) is 1.52. The van der Waals surface area contributed by atoms with E-state index in [2.05, 4.69) is 0 Å². The Labute approximate surface area is 96.1 Å². The van der Waals surface area contributed by atoms with Crippen molar-refractivity contribution < 1.29 is 9.59 Å². The van der Waals surface area contributed by atoms with Crippen molar-refractivity contribution >= 4 is 11.8 Å². The lowest BCUT2D eigenvalue weighted by atomic mass is 10.2. The van der Waals surface area contributed by atoms with Gasteiger partial charge >= 0.3 is 0 Å². The number of imide groups is 1. The van der Waals surface area contributed by atoms with E-state index in [0.29, 0.717) is 18.5 Å². The molecule has 0 fully saturated rings. The van der Waals surface area contributed by atoms with E-state index in [1.807, 2.05) is 19.9 Å².